The molecule has 8 heteroatoms. The Morgan fingerprint density at radius 1 is 1.14 bits per heavy atom. The second-order valence-electron chi connectivity index (χ2n) is 7.08. The molecule has 1 aliphatic heterocycles. The van der Waals surface area contributed by atoms with E-state index >= 15 is 0 Å². The number of anilines is 1. The molecule has 0 atom stereocenters. The van der Waals surface area contributed by atoms with Crippen molar-refractivity contribution in [2.24, 2.45) is 0 Å². The third kappa shape index (κ3) is 5.08. The number of likely N-dealkylation sites (N-methyl/N-ethyl adjacent to an activating group) is 1. The Bertz CT molecular complexity index is 904. The highest BCUT2D eigenvalue weighted by Crippen LogP contribution is 2.22. The number of hydrogen-bond donors (Lipinski definition) is 0. The molecular weight excluding hydrogens is 380 g/mol. The summed E-state index contributed by atoms with van der Waals surface area (Å²) in [4.78, 5) is 29.9. The molecule has 154 valence electrons. The average molecular weight is 403 g/mol. The molecule has 3 rings (SSSR count). The third-order valence-corrected chi connectivity index (χ3v) is 4.65. The van der Waals surface area contributed by atoms with Crippen molar-refractivity contribution in [1.29, 1.82) is 0 Å². The number of ether oxygens (including phenoxy) is 1. The van der Waals surface area contributed by atoms with Gasteiger partial charge in [-0.05, 0) is 38.4 Å². The maximum atomic E-state index is 14.1. The Labute approximate surface area is 168 Å². The van der Waals surface area contributed by atoms with Gasteiger partial charge in [0.15, 0.2) is 0 Å². The van der Waals surface area contributed by atoms with Crippen LogP contribution in [0.2, 0.25) is 0 Å². The maximum Gasteiger partial charge on any atom is 0.414 e. The van der Waals surface area contributed by atoms with E-state index in [0.717, 1.165) is 6.07 Å². The SMILES string of the molecule is CN(C)CCN(Cc1ccc(F)cc1F)C(=O)c1cccc(N2CCOC2=O)c1. The molecule has 0 aliphatic carbocycles. The van der Waals surface area contributed by atoms with Gasteiger partial charge in [-0.15, -0.1) is 0 Å². The van der Waals surface area contributed by atoms with E-state index in [0.29, 0.717) is 37.5 Å². The zero-order valence-corrected chi connectivity index (χ0v) is 16.4. The first kappa shape index (κ1) is 20.7. The largest absolute Gasteiger partial charge is 0.447 e. The van der Waals surface area contributed by atoms with Crippen LogP contribution in [0.3, 0.4) is 0 Å². The van der Waals surface area contributed by atoms with Gasteiger partial charge in [0.2, 0.25) is 0 Å². The van der Waals surface area contributed by atoms with Crippen LogP contribution in [0.4, 0.5) is 19.3 Å². The van der Waals surface area contributed by atoms with Gasteiger partial charge in [0.05, 0.1) is 6.54 Å². The van der Waals surface area contributed by atoms with Gasteiger partial charge in [-0.2, -0.15) is 0 Å². The van der Waals surface area contributed by atoms with Crippen LogP contribution >= 0.6 is 0 Å². The van der Waals surface area contributed by atoms with Gasteiger partial charge in [0.1, 0.15) is 18.2 Å². The molecule has 2 aromatic carbocycles. The van der Waals surface area contributed by atoms with Crippen molar-refractivity contribution in [2.45, 2.75) is 6.54 Å². The van der Waals surface area contributed by atoms with Crippen LogP contribution in [-0.4, -0.2) is 62.1 Å². The highest BCUT2D eigenvalue weighted by atomic mass is 19.1. The Kier molecular flexibility index (Phi) is 6.43. The number of cyclic esters (lactones) is 1. The predicted molar refractivity (Wildman–Crippen MR) is 105 cm³/mol. The van der Waals surface area contributed by atoms with Gasteiger partial charge in [-0.3, -0.25) is 9.69 Å². The van der Waals surface area contributed by atoms with Crippen LogP contribution in [0.15, 0.2) is 42.5 Å². The van der Waals surface area contributed by atoms with Gasteiger partial charge >= 0.3 is 6.09 Å². The van der Waals surface area contributed by atoms with E-state index in [4.69, 9.17) is 4.74 Å². The minimum atomic E-state index is -0.693. The number of benzene rings is 2. The van der Waals surface area contributed by atoms with Crippen LogP contribution < -0.4 is 4.90 Å². The van der Waals surface area contributed by atoms with Crippen LogP contribution in [0.5, 0.6) is 0 Å². The normalized spacial score (nSPS) is 13.7. The summed E-state index contributed by atoms with van der Waals surface area (Å²) in [7, 11) is 3.75. The first-order valence-electron chi connectivity index (χ1n) is 9.27. The minimum absolute atomic E-state index is 0.00870. The zero-order chi connectivity index (χ0) is 21.0. The first-order valence-corrected chi connectivity index (χ1v) is 9.27. The molecule has 2 aromatic rings. The molecule has 1 fully saturated rings. The molecular formula is C21H23F2N3O3. The topological polar surface area (TPSA) is 53.1 Å². The Hall–Kier alpha value is -3.00. The predicted octanol–water partition coefficient (Wildman–Crippen LogP) is 3.13. The van der Waals surface area contributed by atoms with Gasteiger partial charge in [0, 0.05) is 42.5 Å². The van der Waals surface area contributed by atoms with E-state index in [1.54, 1.807) is 24.3 Å². The number of carbonyl (C=O) groups is 2. The van der Waals surface area contributed by atoms with E-state index in [2.05, 4.69) is 0 Å². The van der Waals surface area contributed by atoms with Crippen molar-refractivity contribution >= 4 is 17.7 Å². The lowest BCUT2D eigenvalue weighted by atomic mass is 10.1. The summed E-state index contributed by atoms with van der Waals surface area (Å²) in [6, 6.07) is 10.0. The van der Waals surface area contributed by atoms with E-state index in [1.165, 1.54) is 21.9 Å². The smallest absolute Gasteiger partial charge is 0.414 e. The van der Waals surface area contributed by atoms with Crippen LogP contribution in [0, 0.1) is 11.6 Å². The van der Waals surface area contributed by atoms with Crippen LogP contribution in [-0.2, 0) is 11.3 Å². The Morgan fingerprint density at radius 3 is 2.59 bits per heavy atom. The first-order chi connectivity index (χ1) is 13.8. The summed E-state index contributed by atoms with van der Waals surface area (Å²) in [5, 5.41) is 0. The van der Waals surface area contributed by atoms with E-state index in [9.17, 15) is 18.4 Å². The van der Waals surface area contributed by atoms with E-state index in [-0.39, 0.29) is 18.0 Å². The fourth-order valence-electron chi connectivity index (χ4n) is 3.05. The summed E-state index contributed by atoms with van der Waals surface area (Å²) in [5.74, 6) is -1.66. The fourth-order valence-corrected chi connectivity index (χ4v) is 3.05. The Balaban J connectivity index is 1.85. The van der Waals surface area contributed by atoms with Gasteiger partial charge in [0.25, 0.3) is 5.91 Å². The van der Waals surface area contributed by atoms with Crippen LogP contribution in [0.1, 0.15) is 15.9 Å². The number of amides is 2. The van der Waals surface area contributed by atoms with E-state index < -0.39 is 17.7 Å². The maximum absolute atomic E-state index is 14.1. The molecule has 0 aromatic heterocycles. The molecule has 0 unspecified atom stereocenters. The quantitative estimate of drug-likeness (QED) is 0.713. The van der Waals surface area contributed by atoms with Gasteiger partial charge in [-0.25, -0.2) is 13.6 Å². The lowest BCUT2D eigenvalue weighted by Gasteiger charge is -2.25. The zero-order valence-electron chi connectivity index (χ0n) is 16.4. The van der Waals surface area contributed by atoms with Crippen molar-refractivity contribution in [2.75, 3.05) is 45.2 Å². The molecule has 0 N–H and O–H groups in total. The highest BCUT2D eigenvalue weighted by Gasteiger charge is 2.25. The van der Waals surface area contributed by atoms with Crippen molar-refractivity contribution in [3.8, 4) is 0 Å². The summed E-state index contributed by atoms with van der Waals surface area (Å²) < 4.78 is 32.3. The lowest BCUT2D eigenvalue weighted by Crippen LogP contribution is -2.36. The average Bonchev–Trinajstić information content (AvgIpc) is 3.12. The van der Waals surface area contributed by atoms with Crippen molar-refractivity contribution in [1.82, 2.24) is 9.80 Å². The molecule has 1 saturated heterocycles. The monoisotopic (exact) mass is 403 g/mol. The molecule has 0 spiro atoms. The molecule has 6 nitrogen and oxygen atoms in total. The van der Waals surface area contributed by atoms with Crippen molar-refractivity contribution in [3.05, 3.63) is 65.2 Å². The minimum Gasteiger partial charge on any atom is -0.447 e. The summed E-state index contributed by atoms with van der Waals surface area (Å²) in [6.45, 7) is 1.66. The molecule has 29 heavy (non-hydrogen) atoms. The van der Waals surface area contributed by atoms with Gasteiger partial charge in [-0.1, -0.05) is 12.1 Å². The number of rotatable bonds is 7. The Morgan fingerprint density at radius 2 is 1.93 bits per heavy atom. The third-order valence-electron chi connectivity index (χ3n) is 4.65. The number of carbonyl (C=O) groups excluding carboxylic acids is 2. The fraction of sp³-hybridized carbons (Fsp3) is 0.333. The van der Waals surface area contributed by atoms with E-state index in [1.807, 2.05) is 19.0 Å². The second kappa shape index (κ2) is 9.00. The van der Waals surface area contributed by atoms with Gasteiger partial charge < -0.3 is 14.5 Å². The lowest BCUT2D eigenvalue weighted by molar-refractivity contribution is 0.0730. The van der Waals surface area contributed by atoms with Crippen LogP contribution in [0.25, 0.3) is 0 Å². The van der Waals surface area contributed by atoms with Crippen molar-refractivity contribution < 1.29 is 23.1 Å². The number of halogens is 2. The standard InChI is InChI=1S/C21H23F2N3O3/c1-24(2)8-9-25(14-16-6-7-17(22)13-19(16)23)20(27)15-4-3-5-18(12-15)26-10-11-29-21(26)28/h3-7,12-13H,8-11,14H2,1-2H3. The number of nitrogens with zero attached hydrogens (tertiary/aromatic N) is 3. The molecule has 2 amide bonds. The molecule has 0 bridgehead atoms. The molecule has 0 radical (unpaired) electrons. The van der Waals surface area contributed by atoms with Crippen molar-refractivity contribution in [3.63, 3.8) is 0 Å². The summed E-state index contributed by atoms with van der Waals surface area (Å²) in [6.07, 6.45) is -0.451. The highest BCUT2D eigenvalue weighted by molar-refractivity contribution is 5.97. The molecule has 1 aliphatic rings. The molecule has 0 saturated carbocycles. The summed E-state index contributed by atoms with van der Waals surface area (Å²) in [5.41, 5.74) is 1.18. The second-order valence-corrected chi connectivity index (χ2v) is 7.08. The molecule has 1 heterocycles. The summed E-state index contributed by atoms with van der Waals surface area (Å²) >= 11 is 0. The number of hydrogen-bond acceptors (Lipinski definition) is 4.